The Morgan fingerprint density at radius 2 is 2.03 bits per heavy atom. The molecule has 2 heterocycles. The normalized spacial score (nSPS) is 16.1. The number of rotatable bonds is 8. The monoisotopic (exact) mass is 495 g/mol. The first kappa shape index (κ1) is 24.4. The van der Waals surface area contributed by atoms with Crippen molar-refractivity contribution in [1.82, 2.24) is 9.29 Å². The molecule has 0 fully saturated rings. The number of likely N-dealkylation sites (N-methyl/N-ethyl adjacent to an activating group) is 1. The molecule has 6 nitrogen and oxygen atoms in total. The van der Waals surface area contributed by atoms with E-state index in [1.165, 1.54) is 30.8 Å². The highest BCUT2D eigenvalue weighted by Gasteiger charge is 2.28. The second kappa shape index (κ2) is 11.2. The highest BCUT2D eigenvalue weighted by Crippen LogP contribution is 2.46. The fourth-order valence-electron chi connectivity index (χ4n) is 3.99. The minimum Gasteiger partial charge on any atom is -0.478 e. The van der Waals surface area contributed by atoms with Crippen molar-refractivity contribution in [2.24, 2.45) is 0 Å². The maximum absolute atomic E-state index is 11.4. The van der Waals surface area contributed by atoms with Crippen LogP contribution in [-0.4, -0.2) is 46.3 Å². The number of thioether (sulfide) groups is 1. The number of aromatic nitrogens is 1. The van der Waals surface area contributed by atoms with Crippen molar-refractivity contribution in [2.75, 3.05) is 24.7 Å². The number of carboxylic acid groups (broad SMARTS) is 1. The molecule has 3 aromatic rings. The van der Waals surface area contributed by atoms with Crippen molar-refractivity contribution in [3.8, 4) is 11.5 Å². The van der Waals surface area contributed by atoms with Crippen LogP contribution in [0.3, 0.4) is 0 Å². The summed E-state index contributed by atoms with van der Waals surface area (Å²) in [6, 6.07) is 16.7. The van der Waals surface area contributed by atoms with Gasteiger partial charge in [-0.25, -0.2) is 9.10 Å². The number of hydrogen-bond donors (Lipinski definition) is 1. The molecular weight excluding hydrogens is 466 g/mol. The highest BCUT2D eigenvalue weighted by molar-refractivity contribution is 7.98. The molecule has 0 aliphatic carbocycles. The van der Waals surface area contributed by atoms with E-state index in [1.807, 2.05) is 12.3 Å². The van der Waals surface area contributed by atoms with Gasteiger partial charge >= 0.3 is 5.97 Å². The Hall–Kier alpha value is -2.68. The van der Waals surface area contributed by atoms with E-state index >= 15 is 0 Å². The molecule has 1 N–H and O–H groups in total. The van der Waals surface area contributed by atoms with Crippen molar-refractivity contribution in [2.45, 2.75) is 42.0 Å². The molecule has 2 aromatic carbocycles. The van der Waals surface area contributed by atoms with Gasteiger partial charge in [-0.15, -0.1) is 11.8 Å². The van der Waals surface area contributed by atoms with Crippen molar-refractivity contribution >= 4 is 41.1 Å². The van der Waals surface area contributed by atoms with E-state index in [-0.39, 0.29) is 5.56 Å². The van der Waals surface area contributed by atoms with E-state index in [2.05, 4.69) is 64.6 Å². The lowest BCUT2D eigenvalue weighted by molar-refractivity contribution is 0.0696. The minimum absolute atomic E-state index is 0.0982. The van der Waals surface area contributed by atoms with Crippen LogP contribution >= 0.6 is 23.7 Å². The predicted molar refractivity (Wildman–Crippen MR) is 140 cm³/mol. The van der Waals surface area contributed by atoms with Gasteiger partial charge in [0.1, 0.15) is 11.5 Å². The van der Waals surface area contributed by atoms with Crippen LogP contribution in [0.25, 0.3) is 0 Å². The zero-order chi connectivity index (χ0) is 24.1. The quantitative estimate of drug-likeness (QED) is 0.266. The standard InChI is InChI=1S/C26H29N3O3S2/c1-4-5-9-20-17-29(19-10-7-6-8-11-19)22-13-25(33-3)23(14-24(22)34-28(20)2)32-21-12-18(26(30)31)15-27-16-21/h6-8,10-16,20H,4-5,9,17H2,1-3H3,(H,30,31). The lowest BCUT2D eigenvalue weighted by Gasteiger charge is -2.30. The van der Waals surface area contributed by atoms with Gasteiger partial charge < -0.3 is 14.7 Å². The second-order valence-electron chi connectivity index (χ2n) is 8.17. The number of unbranched alkanes of at least 4 members (excludes halogenated alkanes) is 1. The summed E-state index contributed by atoms with van der Waals surface area (Å²) in [6.45, 7) is 3.13. The summed E-state index contributed by atoms with van der Waals surface area (Å²) >= 11 is 3.34. The fourth-order valence-corrected chi connectivity index (χ4v) is 5.58. The molecule has 0 saturated heterocycles. The summed E-state index contributed by atoms with van der Waals surface area (Å²) in [6.07, 6.45) is 8.37. The first-order valence-corrected chi connectivity index (χ1v) is 13.3. The molecule has 178 valence electrons. The zero-order valence-corrected chi connectivity index (χ0v) is 21.2. The maximum atomic E-state index is 11.4. The number of benzene rings is 2. The number of anilines is 2. The molecule has 0 saturated carbocycles. The topological polar surface area (TPSA) is 65.9 Å². The first-order valence-electron chi connectivity index (χ1n) is 11.3. The molecule has 0 bridgehead atoms. The van der Waals surface area contributed by atoms with Crippen LogP contribution in [0.15, 0.2) is 70.7 Å². The van der Waals surface area contributed by atoms with Crippen LogP contribution < -0.4 is 9.64 Å². The number of nitrogens with zero attached hydrogens (tertiary/aromatic N) is 3. The van der Waals surface area contributed by atoms with Gasteiger partial charge in [-0.2, -0.15) is 0 Å². The number of ether oxygens (including phenoxy) is 1. The molecule has 1 unspecified atom stereocenters. The number of carboxylic acids is 1. The van der Waals surface area contributed by atoms with Gasteiger partial charge in [0.25, 0.3) is 0 Å². The van der Waals surface area contributed by atoms with E-state index in [9.17, 15) is 9.90 Å². The Morgan fingerprint density at radius 1 is 1.24 bits per heavy atom. The van der Waals surface area contributed by atoms with E-state index in [1.54, 1.807) is 29.9 Å². The molecular formula is C26H29N3O3S2. The van der Waals surface area contributed by atoms with E-state index in [0.29, 0.717) is 17.5 Å². The van der Waals surface area contributed by atoms with Crippen LogP contribution in [-0.2, 0) is 0 Å². The SMILES string of the molecule is CCCCC1CN(c2ccccc2)c2cc(SC)c(Oc3cncc(C(=O)O)c3)cc2SN1C. The van der Waals surface area contributed by atoms with Crippen LogP contribution in [0.1, 0.15) is 36.5 Å². The minimum atomic E-state index is -1.03. The van der Waals surface area contributed by atoms with Gasteiger partial charge in [-0.05, 0) is 62.0 Å². The third kappa shape index (κ3) is 5.51. The Labute approximate surface area is 209 Å². The van der Waals surface area contributed by atoms with E-state index in [0.717, 1.165) is 28.4 Å². The number of pyridine rings is 1. The Bertz CT molecular complexity index is 1140. The number of hydrogen-bond acceptors (Lipinski definition) is 7. The lowest BCUT2D eigenvalue weighted by atomic mass is 10.1. The molecule has 0 spiro atoms. The summed E-state index contributed by atoms with van der Waals surface area (Å²) in [7, 11) is 2.16. The molecule has 1 atom stereocenters. The third-order valence-corrected chi connectivity index (χ3v) is 7.70. The fraction of sp³-hybridized carbons (Fsp3) is 0.308. The average molecular weight is 496 g/mol. The first-order chi connectivity index (χ1) is 16.5. The number of aromatic carboxylic acids is 1. The number of fused-ring (bicyclic) bond motifs is 1. The summed E-state index contributed by atoms with van der Waals surface area (Å²) < 4.78 is 8.52. The smallest absolute Gasteiger partial charge is 0.337 e. The number of carbonyl (C=O) groups is 1. The predicted octanol–water partition coefficient (Wildman–Crippen LogP) is 6.94. The largest absolute Gasteiger partial charge is 0.478 e. The molecule has 4 rings (SSSR count). The van der Waals surface area contributed by atoms with Gasteiger partial charge in [-0.3, -0.25) is 4.98 Å². The molecule has 1 aliphatic heterocycles. The molecule has 8 heteroatoms. The molecule has 0 radical (unpaired) electrons. The maximum Gasteiger partial charge on any atom is 0.337 e. The van der Waals surface area contributed by atoms with Gasteiger partial charge in [-0.1, -0.05) is 38.0 Å². The van der Waals surface area contributed by atoms with Crippen LogP contribution in [0.2, 0.25) is 0 Å². The summed E-state index contributed by atoms with van der Waals surface area (Å²) in [5.74, 6) is 0.0677. The molecule has 1 aromatic heterocycles. The average Bonchev–Trinajstić information content (AvgIpc) is 2.98. The molecule has 1 aliphatic rings. The second-order valence-corrected chi connectivity index (χ2v) is 10.2. The summed E-state index contributed by atoms with van der Waals surface area (Å²) in [4.78, 5) is 19.9. The summed E-state index contributed by atoms with van der Waals surface area (Å²) in [5.41, 5.74) is 2.41. The lowest BCUT2D eigenvalue weighted by Crippen LogP contribution is -2.35. The van der Waals surface area contributed by atoms with Gasteiger partial charge in [0, 0.05) is 24.5 Å². The highest BCUT2D eigenvalue weighted by atomic mass is 32.2. The van der Waals surface area contributed by atoms with Crippen molar-refractivity contribution < 1.29 is 14.6 Å². The number of para-hydroxylation sites is 1. The van der Waals surface area contributed by atoms with Crippen molar-refractivity contribution in [3.05, 3.63) is 66.5 Å². The van der Waals surface area contributed by atoms with Crippen molar-refractivity contribution in [1.29, 1.82) is 0 Å². The van der Waals surface area contributed by atoms with E-state index in [4.69, 9.17) is 4.74 Å². The van der Waals surface area contributed by atoms with Crippen LogP contribution in [0.5, 0.6) is 11.5 Å². The van der Waals surface area contributed by atoms with Gasteiger partial charge in [0.15, 0.2) is 0 Å². The van der Waals surface area contributed by atoms with Crippen molar-refractivity contribution in [3.63, 3.8) is 0 Å². The van der Waals surface area contributed by atoms with E-state index < -0.39 is 5.97 Å². The zero-order valence-electron chi connectivity index (χ0n) is 19.6. The van der Waals surface area contributed by atoms with Crippen LogP contribution in [0.4, 0.5) is 11.4 Å². The molecule has 0 amide bonds. The Morgan fingerprint density at radius 3 is 2.74 bits per heavy atom. The Balaban J connectivity index is 1.76. The Kier molecular flexibility index (Phi) is 8.03. The van der Waals surface area contributed by atoms with Gasteiger partial charge in [0.05, 0.1) is 27.2 Å². The summed E-state index contributed by atoms with van der Waals surface area (Å²) in [5, 5.41) is 9.30. The molecule has 34 heavy (non-hydrogen) atoms. The van der Waals surface area contributed by atoms with Gasteiger partial charge in [0.2, 0.25) is 0 Å². The van der Waals surface area contributed by atoms with Crippen LogP contribution in [0, 0.1) is 0 Å². The third-order valence-electron chi connectivity index (χ3n) is 5.83.